The Balaban J connectivity index is 1.48. The maximum Gasteiger partial charge on any atom is 0.244 e. The van der Waals surface area contributed by atoms with Gasteiger partial charge in [-0.25, -0.2) is 0 Å². The van der Waals surface area contributed by atoms with Gasteiger partial charge >= 0.3 is 0 Å². The van der Waals surface area contributed by atoms with Crippen molar-refractivity contribution in [1.82, 2.24) is 15.0 Å². The summed E-state index contributed by atoms with van der Waals surface area (Å²) in [5, 5.41) is 8.71. The predicted octanol–water partition coefficient (Wildman–Crippen LogP) is 3.55. The maximum atomic E-state index is 12.3. The van der Waals surface area contributed by atoms with Gasteiger partial charge in [-0.2, -0.15) is 4.98 Å². The number of thioether (sulfide) groups is 1. The molecule has 146 valence electrons. The molecule has 28 heavy (non-hydrogen) atoms. The van der Waals surface area contributed by atoms with Crippen LogP contribution >= 0.6 is 23.1 Å². The minimum atomic E-state index is -0.241. The lowest BCUT2D eigenvalue weighted by molar-refractivity contribution is -0.133. The molecule has 3 rings (SSSR count). The van der Waals surface area contributed by atoms with Crippen LogP contribution in [-0.4, -0.2) is 46.7 Å². The quantitative estimate of drug-likeness (QED) is 0.565. The molecule has 0 aliphatic rings. The Morgan fingerprint density at radius 1 is 1.25 bits per heavy atom. The molecule has 0 spiro atoms. The Hall–Kier alpha value is -2.65. The van der Waals surface area contributed by atoms with Gasteiger partial charge in [0.25, 0.3) is 0 Å². The molecule has 0 saturated heterocycles. The fourth-order valence-electron chi connectivity index (χ4n) is 2.51. The topological polar surface area (TPSA) is 88.3 Å². The van der Waals surface area contributed by atoms with Crippen LogP contribution in [0.15, 0.2) is 51.2 Å². The molecule has 0 aliphatic heterocycles. The normalized spacial score (nSPS) is 10.6. The summed E-state index contributed by atoms with van der Waals surface area (Å²) in [5.74, 6) is 0.528. The molecule has 1 aromatic carbocycles. The number of amides is 2. The molecule has 2 amide bonds. The molecule has 2 aromatic heterocycles. The second kappa shape index (κ2) is 9.52. The first-order chi connectivity index (χ1) is 13.6. The standard InChI is InChI=1S/C19H20N4O3S2/c1-23(12-16(24)20-13-6-3-4-7-14(13)27-2)18(25)10-9-17-21-19(22-26-17)15-8-5-11-28-15/h3-8,11H,9-10,12H2,1-2H3,(H,20,24). The number of benzene rings is 1. The Morgan fingerprint density at radius 2 is 2.07 bits per heavy atom. The molecule has 0 unspecified atom stereocenters. The van der Waals surface area contributed by atoms with Gasteiger partial charge in [0.2, 0.25) is 23.5 Å². The van der Waals surface area contributed by atoms with Crippen LogP contribution in [0.3, 0.4) is 0 Å². The minimum absolute atomic E-state index is 0.0220. The van der Waals surface area contributed by atoms with Crippen molar-refractivity contribution >= 4 is 40.6 Å². The van der Waals surface area contributed by atoms with Crippen molar-refractivity contribution in [3.63, 3.8) is 0 Å². The van der Waals surface area contributed by atoms with Gasteiger partial charge < -0.3 is 14.7 Å². The Kier molecular flexibility index (Phi) is 6.83. The Labute approximate surface area is 171 Å². The summed E-state index contributed by atoms with van der Waals surface area (Å²) in [6.45, 7) is -0.0220. The molecule has 3 aromatic rings. The van der Waals surface area contributed by atoms with Crippen molar-refractivity contribution in [3.8, 4) is 10.7 Å². The van der Waals surface area contributed by atoms with Crippen molar-refractivity contribution in [2.24, 2.45) is 0 Å². The molecule has 0 bridgehead atoms. The van der Waals surface area contributed by atoms with E-state index in [0.29, 0.717) is 18.1 Å². The number of carbonyl (C=O) groups is 2. The fourth-order valence-corrected chi connectivity index (χ4v) is 3.71. The van der Waals surface area contributed by atoms with Crippen LogP contribution in [-0.2, 0) is 16.0 Å². The third kappa shape index (κ3) is 5.20. The zero-order valence-electron chi connectivity index (χ0n) is 15.5. The largest absolute Gasteiger partial charge is 0.339 e. The molecule has 2 heterocycles. The second-order valence-corrected chi connectivity index (χ2v) is 7.78. The number of carbonyl (C=O) groups excluding carboxylic acids is 2. The third-order valence-corrected chi connectivity index (χ3v) is 5.61. The van der Waals surface area contributed by atoms with E-state index in [1.54, 1.807) is 18.8 Å². The van der Waals surface area contributed by atoms with Crippen molar-refractivity contribution < 1.29 is 14.1 Å². The number of likely N-dealkylation sites (N-methyl/N-ethyl adjacent to an activating group) is 1. The highest BCUT2D eigenvalue weighted by molar-refractivity contribution is 7.98. The number of nitrogens with one attached hydrogen (secondary N) is 1. The first kappa shape index (κ1) is 20.1. The number of aryl methyl sites for hydroxylation is 1. The van der Waals surface area contributed by atoms with Crippen LogP contribution in [0.5, 0.6) is 0 Å². The van der Waals surface area contributed by atoms with Gasteiger partial charge in [-0.1, -0.05) is 23.4 Å². The van der Waals surface area contributed by atoms with Crippen molar-refractivity contribution in [3.05, 3.63) is 47.7 Å². The number of rotatable bonds is 8. The summed E-state index contributed by atoms with van der Waals surface area (Å²) in [7, 11) is 1.60. The monoisotopic (exact) mass is 416 g/mol. The van der Waals surface area contributed by atoms with Crippen molar-refractivity contribution in [2.75, 3.05) is 25.2 Å². The van der Waals surface area contributed by atoms with E-state index >= 15 is 0 Å². The molecule has 0 radical (unpaired) electrons. The van der Waals surface area contributed by atoms with E-state index in [0.717, 1.165) is 15.5 Å². The molecule has 0 atom stereocenters. The van der Waals surface area contributed by atoms with Crippen LogP contribution in [0.4, 0.5) is 5.69 Å². The summed E-state index contributed by atoms with van der Waals surface area (Å²) in [6.07, 6.45) is 2.47. The van der Waals surface area contributed by atoms with E-state index in [2.05, 4.69) is 15.5 Å². The molecular formula is C19H20N4O3S2. The highest BCUT2D eigenvalue weighted by Crippen LogP contribution is 2.24. The van der Waals surface area contributed by atoms with Gasteiger partial charge in [0, 0.05) is 24.8 Å². The summed E-state index contributed by atoms with van der Waals surface area (Å²) < 4.78 is 5.20. The van der Waals surface area contributed by atoms with Crippen LogP contribution in [0.25, 0.3) is 10.7 Å². The average Bonchev–Trinajstić information content (AvgIpc) is 3.38. The lowest BCUT2D eigenvalue weighted by Gasteiger charge is -2.17. The van der Waals surface area contributed by atoms with E-state index in [-0.39, 0.29) is 24.8 Å². The van der Waals surface area contributed by atoms with Crippen LogP contribution < -0.4 is 5.32 Å². The maximum absolute atomic E-state index is 12.3. The molecule has 0 saturated carbocycles. The number of hydrogen-bond acceptors (Lipinski definition) is 7. The zero-order chi connectivity index (χ0) is 19.9. The number of aromatic nitrogens is 2. The fraction of sp³-hybridized carbons (Fsp3) is 0.263. The van der Waals surface area contributed by atoms with Crippen LogP contribution in [0.2, 0.25) is 0 Å². The van der Waals surface area contributed by atoms with Gasteiger partial charge in [-0.15, -0.1) is 23.1 Å². The third-order valence-electron chi connectivity index (χ3n) is 3.95. The predicted molar refractivity (Wildman–Crippen MR) is 110 cm³/mol. The van der Waals surface area contributed by atoms with E-state index in [1.807, 2.05) is 48.0 Å². The second-order valence-electron chi connectivity index (χ2n) is 5.99. The first-order valence-electron chi connectivity index (χ1n) is 8.60. The molecule has 7 nitrogen and oxygen atoms in total. The number of para-hydroxylation sites is 1. The highest BCUT2D eigenvalue weighted by Gasteiger charge is 2.16. The number of anilines is 1. The number of hydrogen-bond donors (Lipinski definition) is 1. The zero-order valence-corrected chi connectivity index (χ0v) is 17.2. The lowest BCUT2D eigenvalue weighted by Crippen LogP contribution is -2.35. The number of nitrogens with zero attached hydrogens (tertiary/aromatic N) is 3. The number of thiophene rings is 1. The average molecular weight is 417 g/mol. The first-order valence-corrected chi connectivity index (χ1v) is 10.7. The smallest absolute Gasteiger partial charge is 0.244 e. The van der Waals surface area contributed by atoms with Gasteiger partial charge in [0.05, 0.1) is 17.1 Å². The molecule has 0 fully saturated rings. The molecular weight excluding hydrogens is 396 g/mol. The summed E-state index contributed by atoms with van der Waals surface area (Å²) in [4.78, 5) is 32.2. The van der Waals surface area contributed by atoms with E-state index in [1.165, 1.54) is 16.2 Å². The van der Waals surface area contributed by atoms with Crippen LogP contribution in [0, 0.1) is 0 Å². The minimum Gasteiger partial charge on any atom is -0.339 e. The van der Waals surface area contributed by atoms with Crippen molar-refractivity contribution in [2.45, 2.75) is 17.7 Å². The van der Waals surface area contributed by atoms with E-state index in [9.17, 15) is 9.59 Å². The summed E-state index contributed by atoms with van der Waals surface area (Å²) >= 11 is 3.07. The highest BCUT2D eigenvalue weighted by atomic mass is 32.2. The lowest BCUT2D eigenvalue weighted by atomic mass is 10.2. The molecule has 1 N–H and O–H groups in total. The van der Waals surface area contributed by atoms with E-state index in [4.69, 9.17) is 4.52 Å². The molecule has 9 heteroatoms. The summed E-state index contributed by atoms with van der Waals surface area (Å²) in [6, 6.07) is 11.4. The molecule has 0 aliphatic carbocycles. The van der Waals surface area contributed by atoms with E-state index < -0.39 is 0 Å². The van der Waals surface area contributed by atoms with Crippen LogP contribution in [0.1, 0.15) is 12.3 Å². The Morgan fingerprint density at radius 3 is 2.82 bits per heavy atom. The van der Waals surface area contributed by atoms with Gasteiger partial charge in [0.1, 0.15) is 0 Å². The summed E-state index contributed by atoms with van der Waals surface area (Å²) in [5.41, 5.74) is 0.743. The SMILES string of the molecule is CSc1ccccc1NC(=O)CN(C)C(=O)CCc1nc(-c2cccs2)no1. The Bertz CT molecular complexity index is 940. The van der Waals surface area contributed by atoms with Crippen molar-refractivity contribution in [1.29, 1.82) is 0 Å². The van der Waals surface area contributed by atoms with Gasteiger partial charge in [-0.3, -0.25) is 9.59 Å². The van der Waals surface area contributed by atoms with Gasteiger partial charge in [-0.05, 0) is 29.8 Å². The van der Waals surface area contributed by atoms with Gasteiger partial charge in [0.15, 0.2) is 0 Å².